The molecule has 0 radical (unpaired) electrons. The number of carbonyl (C=O) groups is 1. The molecule has 0 spiro atoms. The number of aromatic nitrogens is 2. The monoisotopic (exact) mass is 365 g/mol. The summed E-state index contributed by atoms with van der Waals surface area (Å²) >= 11 is 0. The minimum atomic E-state index is -0.0303. The van der Waals surface area contributed by atoms with E-state index in [0.29, 0.717) is 12.0 Å². The van der Waals surface area contributed by atoms with Crippen molar-refractivity contribution in [3.63, 3.8) is 0 Å². The summed E-state index contributed by atoms with van der Waals surface area (Å²) in [6.07, 6.45) is 9.12. The fraction of sp³-hybridized carbons (Fsp3) is 0.381. The molecular formula is C21H27N5O. The number of hydrogen-bond acceptors (Lipinski definition) is 5. The molecule has 6 nitrogen and oxygen atoms in total. The van der Waals surface area contributed by atoms with Gasteiger partial charge in [-0.2, -0.15) is 4.98 Å². The summed E-state index contributed by atoms with van der Waals surface area (Å²) in [6, 6.07) is 12.3. The van der Waals surface area contributed by atoms with Crippen LogP contribution in [0.15, 0.2) is 48.7 Å². The fourth-order valence-corrected chi connectivity index (χ4v) is 3.22. The van der Waals surface area contributed by atoms with Crippen molar-refractivity contribution in [3.05, 3.63) is 54.2 Å². The Bertz CT molecular complexity index is 767. The van der Waals surface area contributed by atoms with E-state index >= 15 is 0 Å². The topological polar surface area (TPSA) is 70.2 Å². The van der Waals surface area contributed by atoms with Crippen LogP contribution in [0.1, 0.15) is 31.2 Å². The molecule has 1 aromatic carbocycles. The third kappa shape index (κ3) is 5.81. The van der Waals surface area contributed by atoms with Gasteiger partial charge in [0.05, 0.1) is 0 Å². The van der Waals surface area contributed by atoms with Gasteiger partial charge in [0.25, 0.3) is 0 Å². The van der Waals surface area contributed by atoms with Gasteiger partial charge < -0.3 is 15.5 Å². The van der Waals surface area contributed by atoms with Gasteiger partial charge in [-0.3, -0.25) is 4.79 Å². The van der Waals surface area contributed by atoms with E-state index in [9.17, 15) is 4.79 Å². The van der Waals surface area contributed by atoms with Gasteiger partial charge in [0, 0.05) is 38.5 Å². The molecule has 6 heteroatoms. The van der Waals surface area contributed by atoms with E-state index in [2.05, 4.69) is 20.6 Å². The number of carbonyl (C=O) groups excluding carboxylic acids is 1. The molecule has 0 atom stereocenters. The van der Waals surface area contributed by atoms with Gasteiger partial charge >= 0.3 is 0 Å². The van der Waals surface area contributed by atoms with Gasteiger partial charge in [0.1, 0.15) is 5.82 Å². The van der Waals surface area contributed by atoms with Gasteiger partial charge in [0.2, 0.25) is 11.9 Å². The lowest BCUT2D eigenvalue weighted by Crippen LogP contribution is -2.39. The van der Waals surface area contributed by atoms with Crippen LogP contribution in [0.2, 0.25) is 0 Å². The first kappa shape index (κ1) is 18.9. The summed E-state index contributed by atoms with van der Waals surface area (Å²) in [4.78, 5) is 22.9. The molecule has 3 rings (SSSR count). The summed E-state index contributed by atoms with van der Waals surface area (Å²) in [7, 11) is 3.93. The Morgan fingerprint density at radius 1 is 1.07 bits per heavy atom. The Balaban J connectivity index is 1.44. The molecule has 1 fully saturated rings. The SMILES string of the molecule is CN(C)c1ccnc(NC2CCC(NC(=O)/C=C/c3ccccc3)CC2)n1. The highest BCUT2D eigenvalue weighted by Crippen LogP contribution is 2.21. The maximum Gasteiger partial charge on any atom is 0.244 e. The number of anilines is 2. The minimum Gasteiger partial charge on any atom is -0.363 e. The summed E-state index contributed by atoms with van der Waals surface area (Å²) in [5.41, 5.74) is 1.03. The molecule has 0 saturated heterocycles. The molecule has 0 bridgehead atoms. The maximum absolute atomic E-state index is 12.1. The number of nitrogens with zero attached hydrogens (tertiary/aromatic N) is 3. The molecule has 0 unspecified atom stereocenters. The Morgan fingerprint density at radius 3 is 2.48 bits per heavy atom. The molecule has 1 aliphatic rings. The van der Waals surface area contributed by atoms with Crippen molar-refractivity contribution in [1.82, 2.24) is 15.3 Å². The maximum atomic E-state index is 12.1. The van der Waals surface area contributed by atoms with Crippen LogP contribution in [-0.4, -0.2) is 42.1 Å². The second kappa shape index (κ2) is 9.16. The number of nitrogens with one attached hydrogen (secondary N) is 2. The second-order valence-electron chi connectivity index (χ2n) is 7.08. The predicted octanol–water partition coefficient (Wildman–Crippen LogP) is 3.10. The molecule has 1 heterocycles. The summed E-state index contributed by atoms with van der Waals surface area (Å²) < 4.78 is 0. The highest BCUT2D eigenvalue weighted by atomic mass is 16.1. The molecule has 1 aliphatic carbocycles. The Kier molecular flexibility index (Phi) is 6.41. The van der Waals surface area contributed by atoms with Crippen molar-refractivity contribution in [2.75, 3.05) is 24.3 Å². The molecule has 1 saturated carbocycles. The average molecular weight is 365 g/mol. The summed E-state index contributed by atoms with van der Waals surface area (Å²) in [5.74, 6) is 1.52. The molecular weight excluding hydrogens is 338 g/mol. The molecule has 27 heavy (non-hydrogen) atoms. The fourth-order valence-electron chi connectivity index (χ4n) is 3.22. The van der Waals surface area contributed by atoms with Crippen LogP contribution in [0.3, 0.4) is 0 Å². The van der Waals surface area contributed by atoms with Crippen molar-refractivity contribution >= 4 is 23.7 Å². The van der Waals surface area contributed by atoms with E-state index in [1.807, 2.05) is 61.5 Å². The first-order chi connectivity index (χ1) is 13.1. The molecule has 1 amide bonds. The molecule has 0 aliphatic heterocycles. The van der Waals surface area contributed by atoms with Gasteiger partial charge in [0.15, 0.2) is 0 Å². The zero-order valence-corrected chi connectivity index (χ0v) is 15.9. The Hall–Kier alpha value is -2.89. The number of benzene rings is 1. The van der Waals surface area contributed by atoms with E-state index in [0.717, 1.165) is 37.1 Å². The molecule has 2 N–H and O–H groups in total. The Labute approximate surface area is 160 Å². The lowest BCUT2D eigenvalue weighted by Gasteiger charge is -2.29. The van der Waals surface area contributed by atoms with Crippen molar-refractivity contribution in [2.45, 2.75) is 37.8 Å². The zero-order valence-electron chi connectivity index (χ0n) is 15.9. The van der Waals surface area contributed by atoms with E-state index in [1.165, 1.54) is 0 Å². The molecule has 2 aromatic rings. The summed E-state index contributed by atoms with van der Waals surface area (Å²) in [5, 5.41) is 6.53. The van der Waals surface area contributed by atoms with Crippen LogP contribution < -0.4 is 15.5 Å². The highest BCUT2D eigenvalue weighted by molar-refractivity contribution is 5.91. The van der Waals surface area contributed by atoms with Crippen LogP contribution in [0.25, 0.3) is 6.08 Å². The van der Waals surface area contributed by atoms with Crippen LogP contribution in [0.5, 0.6) is 0 Å². The van der Waals surface area contributed by atoms with Gasteiger partial charge in [-0.1, -0.05) is 30.3 Å². The van der Waals surface area contributed by atoms with E-state index in [-0.39, 0.29) is 11.9 Å². The zero-order chi connectivity index (χ0) is 19.1. The number of rotatable bonds is 6. The van der Waals surface area contributed by atoms with Crippen LogP contribution in [0.4, 0.5) is 11.8 Å². The highest BCUT2D eigenvalue weighted by Gasteiger charge is 2.22. The van der Waals surface area contributed by atoms with E-state index in [4.69, 9.17) is 0 Å². The van der Waals surface area contributed by atoms with Crippen LogP contribution >= 0.6 is 0 Å². The van der Waals surface area contributed by atoms with Gasteiger partial charge in [-0.05, 0) is 43.4 Å². The van der Waals surface area contributed by atoms with Crippen molar-refractivity contribution in [2.24, 2.45) is 0 Å². The first-order valence-electron chi connectivity index (χ1n) is 9.40. The smallest absolute Gasteiger partial charge is 0.244 e. The first-order valence-corrected chi connectivity index (χ1v) is 9.40. The lowest BCUT2D eigenvalue weighted by atomic mass is 9.91. The third-order valence-corrected chi connectivity index (χ3v) is 4.73. The van der Waals surface area contributed by atoms with Crippen LogP contribution in [0, 0.1) is 0 Å². The third-order valence-electron chi connectivity index (χ3n) is 4.73. The minimum absolute atomic E-state index is 0.0303. The largest absolute Gasteiger partial charge is 0.363 e. The number of hydrogen-bond donors (Lipinski definition) is 2. The lowest BCUT2D eigenvalue weighted by molar-refractivity contribution is -0.117. The second-order valence-corrected chi connectivity index (χ2v) is 7.08. The normalized spacial score (nSPS) is 19.6. The quantitative estimate of drug-likeness (QED) is 0.770. The molecule has 142 valence electrons. The van der Waals surface area contributed by atoms with Crippen molar-refractivity contribution < 1.29 is 4.79 Å². The van der Waals surface area contributed by atoms with Gasteiger partial charge in [-0.15, -0.1) is 0 Å². The molecule has 1 aromatic heterocycles. The van der Waals surface area contributed by atoms with Gasteiger partial charge in [-0.25, -0.2) is 4.98 Å². The predicted molar refractivity (Wildman–Crippen MR) is 110 cm³/mol. The average Bonchev–Trinajstić information content (AvgIpc) is 2.69. The van der Waals surface area contributed by atoms with Crippen molar-refractivity contribution in [3.8, 4) is 0 Å². The van der Waals surface area contributed by atoms with Crippen molar-refractivity contribution in [1.29, 1.82) is 0 Å². The van der Waals surface area contributed by atoms with Crippen LogP contribution in [-0.2, 0) is 4.79 Å². The van der Waals surface area contributed by atoms with E-state index in [1.54, 1.807) is 12.3 Å². The number of amides is 1. The summed E-state index contributed by atoms with van der Waals surface area (Å²) in [6.45, 7) is 0. The Morgan fingerprint density at radius 2 is 1.78 bits per heavy atom. The standard InChI is InChI=1S/C21H27N5O/c1-26(2)19-14-15-22-21(25-19)24-18-11-9-17(10-12-18)23-20(27)13-8-16-6-4-3-5-7-16/h3-8,13-15,17-18H,9-12H2,1-2H3,(H,23,27)(H,22,24,25)/b13-8+. The van der Waals surface area contributed by atoms with E-state index < -0.39 is 0 Å².